The molecule has 4 rings (SSSR count). The summed E-state index contributed by atoms with van der Waals surface area (Å²) in [6.07, 6.45) is 4.23. The minimum Gasteiger partial charge on any atom is -0.453 e. The molecule has 0 radical (unpaired) electrons. The van der Waals surface area contributed by atoms with Gasteiger partial charge in [-0.15, -0.1) is 0 Å². The number of aromatic nitrogens is 3. The number of alkyl halides is 1. The maximum atomic E-state index is 14.3. The van der Waals surface area contributed by atoms with Crippen molar-refractivity contribution in [3.05, 3.63) is 47.8 Å². The Hall–Kier alpha value is -4.24. The SMILES string of the molecule is COC(=O)NCC1CCC(Nc2cc(-c3ccc4cc(C#N)cnn34)ncc2C(=O)NC[C@@H](F)C(C)(C)O)CC1. The predicted molar refractivity (Wildman–Crippen MR) is 146 cm³/mol. The van der Waals surface area contributed by atoms with Crippen LogP contribution in [0.2, 0.25) is 0 Å². The Morgan fingerprint density at radius 1 is 1.23 bits per heavy atom. The van der Waals surface area contributed by atoms with E-state index in [9.17, 15) is 24.3 Å². The van der Waals surface area contributed by atoms with Crippen LogP contribution in [0.1, 0.15) is 55.5 Å². The second-order valence-electron chi connectivity index (χ2n) is 10.6. The van der Waals surface area contributed by atoms with Gasteiger partial charge in [0.15, 0.2) is 0 Å². The molecule has 0 aromatic carbocycles. The summed E-state index contributed by atoms with van der Waals surface area (Å²) in [6.45, 7) is 2.88. The van der Waals surface area contributed by atoms with Gasteiger partial charge in [0.05, 0.1) is 59.2 Å². The van der Waals surface area contributed by atoms with Crippen molar-refractivity contribution in [3.8, 4) is 17.5 Å². The zero-order valence-electron chi connectivity index (χ0n) is 22.8. The highest BCUT2D eigenvalue weighted by molar-refractivity contribution is 6.00. The van der Waals surface area contributed by atoms with Crippen molar-refractivity contribution in [2.24, 2.45) is 5.92 Å². The number of methoxy groups -OCH3 is 1. The topological polar surface area (TPSA) is 154 Å². The van der Waals surface area contributed by atoms with Crippen LogP contribution in [-0.2, 0) is 4.74 Å². The Morgan fingerprint density at radius 2 is 1.98 bits per heavy atom. The summed E-state index contributed by atoms with van der Waals surface area (Å²) >= 11 is 0. The maximum absolute atomic E-state index is 14.3. The zero-order valence-corrected chi connectivity index (χ0v) is 22.8. The number of hydrogen-bond donors (Lipinski definition) is 4. The van der Waals surface area contributed by atoms with E-state index in [1.165, 1.54) is 33.4 Å². The zero-order chi connectivity index (χ0) is 28.9. The first kappa shape index (κ1) is 28.8. The van der Waals surface area contributed by atoms with E-state index in [-0.39, 0.29) is 18.2 Å². The van der Waals surface area contributed by atoms with Crippen LogP contribution in [-0.4, -0.2) is 69.7 Å². The van der Waals surface area contributed by atoms with Crippen LogP contribution in [0.5, 0.6) is 0 Å². The van der Waals surface area contributed by atoms with Gasteiger partial charge in [0, 0.05) is 18.8 Å². The van der Waals surface area contributed by atoms with E-state index in [0.29, 0.717) is 35.1 Å². The number of carbonyl (C=O) groups is 2. The molecule has 1 aliphatic rings. The normalized spacial score (nSPS) is 18.0. The number of nitriles is 1. The molecule has 0 unspecified atom stereocenters. The number of rotatable bonds is 9. The summed E-state index contributed by atoms with van der Waals surface area (Å²) < 4.78 is 20.6. The standard InChI is InChI=1S/C28H34FN7O4/c1-28(2,39)25(29)16-32-26(37)21-15-31-23(24-9-8-20-10-18(12-30)14-34-36(20)24)11-22(21)35-19-6-4-17(5-7-19)13-33-27(38)40-3/h8-11,14-15,17,19,25,39H,4-7,13,16H2,1-3H3,(H,31,35)(H,32,37)(H,33,38)/t17?,19?,25-/m1/s1. The molecule has 2 amide bonds. The Balaban J connectivity index is 1.56. The predicted octanol–water partition coefficient (Wildman–Crippen LogP) is 3.43. The summed E-state index contributed by atoms with van der Waals surface area (Å²) in [4.78, 5) is 29.0. The van der Waals surface area contributed by atoms with Gasteiger partial charge in [0.1, 0.15) is 12.2 Å². The third-order valence-corrected chi connectivity index (χ3v) is 7.18. The monoisotopic (exact) mass is 551 g/mol. The van der Waals surface area contributed by atoms with Gasteiger partial charge in [-0.1, -0.05) is 0 Å². The number of amides is 2. The molecule has 0 spiro atoms. The van der Waals surface area contributed by atoms with Crippen molar-refractivity contribution in [3.63, 3.8) is 0 Å². The van der Waals surface area contributed by atoms with E-state index in [0.717, 1.165) is 31.2 Å². The lowest BCUT2D eigenvalue weighted by Gasteiger charge is -2.30. The second-order valence-corrected chi connectivity index (χ2v) is 10.6. The average molecular weight is 552 g/mol. The molecular weight excluding hydrogens is 517 g/mol. The lowest BCUT2D eigenvalue weighted by Crippen LogP contribution is -2.42. The highest BCUT2D eigenvalue weighted by Gasteiger charge is 2.28. The molecule has 1 fully saturated rings. The fourth-order valence-electron chi connectivity index (χ4n) is 4.71. The lowest BCUT2D eigenvalue weighted by atomic mass is 9.86. The molecule has 1 atom stereocenters. The minimum absolute atomic E-state index is 0.0712. The van der Waals surface area contributed by atoms with Crippen molar-refractivity contribution in [1.29, 1.82) is 5.26 Å². The molecule has 0 aliphatic heterocycles. The number of hydrogen-bond acceptors (Lipinski definition) is 8. The number of aliphatic hydroxyl groups is 1. The van der Waals surface area contributed by atoms with E-state index >= 15 is 0 Å². The summed E-state index contributed by atoms with van der Waals surface area (Å²) in [6, 6.07) is 9.31. The van der Waals surface area contributed by atoms with Crippen LogP contribution in [0, 0.1) is 17.2 Å². The van der Waals surface area contributed by atoms with Gasteiger partial charge in [-0.25, -0.2) is 13.7 Å². The third-order valence-electron chi connectivity index (χ3n) is 7.18. The molecule has 212 valence electrons. The van der Waals surface area contributed by atoms with Gasteiger partial charge in [0.25, 0.3) is 5.91 Å². The Morgan fingerprint density at radius 3 is 2.65 bits per heavy atom. The molecule has 11 nitrogen and oxygen atoms in total. The second kappa shape index (κ2) is 12.3. The molecule has 4 N–H and O–H groups in total. The van der Waals surface area contributed by atoms with Crippen LogP contribution in [0.4, 0.5) is 14.9 Å². The van der Waals surface area contributed by atoms with Crippen molar-refractivity contribution in [1.82, 2.24) is 25.2 Å². The highest BCUT2D eigenvalue weighted by atomic mass is 19.1. The molecule has 12 heteroatoms. The van der Waals surface area contributed by atoms with Crippen LogP contribution in [0.3, 0.4) is 0 Å². The van der Waals surface area contributed by atoms with Crippen molar-refractivity contribution >= 4 is 23.2 Å². The van der Waals surface area contributed by atoms with E-state index in [4.69, 9.17) is 0 Å². The smallest absolute Gasteiger partial charge is 0.406 e. The van der Waals surface area contributed by atoms with Crippen molar-refractivity contribution in [2.45, 2.75) is 57.3 Å². The molecule has 40 heavy (non-hydrogen) atoms. The van der Waals surface area contributed by atoms with Gasteiger partial charge in [0.2, 0.25) is 0 Å². The van der Waals surface area contributed by atoms with Gasteiger partial charge >= 0.3 is 6.09 Å². The first-order valence-corrected chi connectivity index (χ1v) is 13.2. The van der Waals surface area contributed by atoms with Crippen molar-refractivity contribution in [2.75, 3.05) is 25.5 Å². The number of halogens is 1. The first-order valence-electron chi connectivity index (χ1n) is 13.2. The molecule has 1 saturated carbocycles. The number of alkyl carbamates (subject to hydrolysis) is 1. The Labute approximate surface area is 231 Å². The van der Waals surface area contributed by atoms with E-state index in [1.54, 1.807) is 16.6 Å². The van der Waals surface area contributed by atoms with Gasteiger partial charge in [-0.05, 0) is 69.7 Å². The fourth-order valence-corrected chi connectivity index (χ4v) is 4.71. The Bertz CT molecular complexity index is 1400. The number of ether oxygens (including phenoxy) is 1. The highest BCUT2D eigenvalue weighted by Crippen LogP contribution is 2.30. The van der Waals surface area contributed by atoms with Gasteiger partial charge in [-0.3, -0.25) is 9.78 Å². The fraction of sp³-hybridized carbons (Fsp3) is 0.464. The van der Waals surface area contributed by atoms with E-state index < -0.39 is 23.8 Å². The largest absolute Gasteiger partial charge is 0.453 e. The van der Waals surface area contributed by atoms with Crippen LogP contribution in [0.25, 0.3) is 16.9 Å². The molecule has 0 bridgehead atoms. The molecule has 3 heterocycles. The number of pyridine rings is 1. The minimum atomic E-state index is -1.65. The number of anilines is 1. The number of carbonyl (C=O) groups excluding carboxylic acids is 2. The van der Waals surface area contributed by atoms with Crippen LogP contribution >= 0.6 is 0 Å². The molecule has 3 aromatic rings. The number of nitrogens with one attached hydrogen (secondary N) is 3. The quantitative estimate of drug-likeness (QED) is 0.315. The maximum Gasteiger partial charge on any atom is 0.406 e. The summed E-state index contributed by atoms with van der Waals surface area (Å²) in [5.74, 6) is -0.186. The molecule has 0 saturated heterocycles. The summed E-state index contributed by atoms with van der Waals surface area (Å²) in [7, 11) is 1.33. The molecular formula is C28H34FN7O4. The Kier molecular flexibility index (Phi) is 8.84. The summed E-state index contributed by atoms with van der Waals surface area (Å²) in [5, 5.41) is 32.2. The first-order chi connectivity index (χ1) is 19.1. The third kappa shape index (κ3) is 6.84. The van der Waals surface area contributed by atoms with Gasteiger partial charge in [-0.2, -0.15) is 10.4 Å². The van der Waals surface area contributed by atoms with Crippen LogP contribution < -0.4 is 16.0 Å². The van der Waals surface area contributed by atoms with E-state index in [2.05, 4.69) is 36.8 Å². The van der Waals surface area contributed by atoms with Crippen LogP contribution in [0.15, 0.2) is 36.7 Å². The summed E-state index contributed by atoms with van der Waals surface area (Å²) in [5.41, 5.74) is 1.61. The molecule has 1 aliphatic carbocycles. The average Bonchev–Trinajstić information content (AvgIpc) is 3.37. The van der Waals surface area contributed by atoms with Gasteiger partial charge < -0.3 is 25.8 Å². The lowest BCUT2D eigenvalue weighted by molar-refractivity contribution is -0.00177. The number of nitrogens with zero attached hydrogens (tertiary/aromatic N) is 4. The van der Waals surface area contributed by atoms with E-state index in [1.807, 2.05) is 12.1 Å². The number of fused-ring (bicyclic) bond motifs is 1. The van der Waals surface area contributed by atoms with Crippen molar-refractivity contribution < 1.29 is 23.8 Å². The molecule has 3 aromatic heterocycles.